The van der Waals surface area contributed by atoms with Crippen molar-refractivity contribution in [3.8, 4) is 0 Å². The smallest absolute Gasteiger partial charge is 0.247 e. The summed E-state index contributed by atoms with van der Waals surface area (Å²) in [4.78, 5) is 49.9. The summed E-state index contributed by atoms with van der Waals surface area (Å²) in [7, 11) is 0. The van der Waals surface area contributed by atoms with E-state index in [4.69, 9.17) is 0 Å². The zero-order valence-corrected chi connectivity index (χ0v) is 14.2. The molecule has 0 bridgehead atoms. The maximum absolute atomic E-state index is 12.5. The van der Waals surface area contributed by atoms with Gasteiger partial charge in [0.25, 0.3) is 0 Å². The number of imide groups is 1. The van der Waals surface area contributed by atoms with Crippen molar-refractivity contribution in [1.29, 1.82) is 0 Å². The predicted molar refractivity (Wildman–Crippen MR) is 91.7 cm³/mol. The third-order valence-corrected chi connectivity index (χ3v) is 4.87. The topological polar surface area (TPSA) is 83.6 Å². The third kappa shape index (κ3) is 3.12. The lowest BCUT2D eigenvalue weighted by Gasteiger charge is -2.22. The summed E-state index contributed by atoms with van der Waals surface area (Å²) in [5, 5.41) is 2.70. The molecule has 2 aliphatic rings. The molecule has 3 rings (SSSR count). The number of carbonyl (C=O) groups excluding carboxylic acids is 4. The molecule has 130 valence electrons. The minimum Gasteiger partial charge on any atom is -0.324 e. The Bertz CT molecular complexity index is 740. The van der Waals surface area contributed by atoms with Gasteiger partial charge in [0.15, 0.2) is 5.78 Å². The number of hydrogen-bond acceptors (Lipinski definition) is 4. The normalized spacial score (nSPS) is 23.4. The number of fused-ring (bicyclic) bond motifs is 1. The lowest BCUT2D eigenvalue weighted by atomic mass is 9.85. The summed E-state index contributed by atoms with van der Waals surface area (Å²) < 4.78 is 0. The van der Waals surface area contributed by atoms with Crippen LogP contribution in [0.25, 0.3) is 0 Å². The molecule has 1 N–H and O–H groups in total. The summed E-state index contributed by atoms with van der Waals surface area (Å²) in [5.74, 6) is -1.72. The van der Waals surface area contributed by atoms with Gasteiger partial charge >= 0.3 is 0 Å². The van der Waals surface area contributed by atoms with E-state index in [0.717, 1.165) is 4.90 Å². The van der Waals surface area contributed by atoms with Crippen molar-refractivity contribution >= 4 is 29.2 Å². The Hall–Kier alpha value is -2.76. The zero-order chi connectivity index (χ0) is 18.1. The molecule has 1 aromatic carbocycles. The molecule has 1 aliphatic carbocycles. The van der Waals surface area contributed by atoms with Crippen molar-refractivity contribution in [1.82, 2.24) is 4.90 Å². The van der Waals surface area contributed by atoms with E-state index < -0.39 is 11.9 Å². The van der Waals surface area contributed by atoms with E-state index in [0.29, 0.717) is 24.1 Å². The Morgan fingerprint density at radius 1 is 1.04 bits per heavy atom. The molecule has 25 heavy (non-hydrogen) atoms. The number of nitrogens with zero attached hydrogens (tertiary/aromatic N) is 1. The van der Waals surface area contributed by atoms with E-state index in [-0.39, 0.29) is 29.4 Å². The minimum atomic E-state index is -0.877. The number of amides is 3. The first-order chi connectivity index (χ1) is 11.9. The van der Waals surface area contributed by atoms with Gasteiger partial charge in [0.1, 0.15) is 6.04 Å². The van der Waals surface area contributed by atoms with Gasteiger partial charge in [-0.15, -0.1) is 0 Å². The summed E-state index contributed by atoms with van der Waals surface area (Å²) >= 11 is 0. The Labute approximate surface area is 145 Å². The van der Waals surface area contributed by atoms with Crippen LogP contribution in [-0.2, 0) is 14.4 Å². The first-order valence-corrected chi connectivity index (χ1v) is 8.34. The van der Waals surface area contributed by atoms with Crippen LogP contribution in [0.3, 0.4) is 0 Å². The molecule has 0 unspecified atom stereocenters. The van der Waals surface area contributed by atoms with Crippen molar-refractivity contribution < 1.29 is 19.2 Å². The van der Waals surface area contributed by atoms with Crippen molar-refractivity contribution in [3.05, 3.63) is 42.0 Å². The number of ketones is 1. The van der Waals surface area contributed by atoms with Gasteiger partial charge in [0.05, 0.1) is 11.8 Å². The molecule has 3 amide bonds. The summed E-state index contributed by atoms with van der Waals surface area (Å²) in [5.41, 5.74) is 1.06. The van der Waals surface area contributed by atoms with Crippen LogP contribution in [0.1, 0.15) is 37.0 Å². The Balaban J connectivity index is 1.71. The zero-order valence-electron chi connectivity index (χ0n) is 14.2. The molecule has 0 aromatic heterocycles. The Morgan fingerprint density at radius 3 is 2.04 bits per heavy atom. The van der Waals surface area contributed by atoms with Gasteiger partial charge in [-0.1, -0.05) is 12.2 Å². The molecular weight excluding hydrogens is 320 g/mol. The van der Waals surface area contributed by atoms with Gasteiger partial charge in [-0.3, -0.25) is 24.1 Å². The van der Waals surface area contributed by atoms with Crippen LogP contribution < -0.4 is 5.32 Å². The van der Waals surface area contributed by atoms with E-state index in [2.05, 4.69) is 5.32 Å². The minimum absolute atomic E-state index is 0.0595. The van der Waals surface area contributed by atoms with Crippen molar-refractivity contribution in [3.63, 3.8) is 0 Å². The third-order valence-electron chi connectivity index (χ3n) is 4.87. The van der Waals surface area contributed by atoms with Crippen LogP contribution in [-0.4, -0.2) is 34.4 Å². The van der Waals surface area contributed by atoms with Gasteiger partial charge in [-0.2, -0.15) is 0 Å². The Kier molecular flexibility index (Phi) is 4.53. The maximum atomic E-state index is 12.5. The predicted octanol–water partition coefficient (Wildman–Crippen LogP) is 2.17. The number of likely N-dealkylation sites (tertiary alicyclic amines) is 1. The van der Waals surface area contributed by atoms with Crippen LogP contribution in [0, 0.1) is 11.8 Å². The van der Waals surface area contributed by atoms with Crippen LogP contribution in [0.15, 0.2) is 36.4 Å². The van der Waals surface area contributed by atoms with Crippen LogP contribution >= 0.6 is 0 Å². The highest BCUT2D eigenvalue weighted by molar-refractivity contribution is 6.10. The highest BCUT2D eigenvalue weighted by atomic mass is 16.2. The molecule has 1 heterocycles. The molecule has 1 fully saturated rings. The molecule has 0 saturated carbocycles. The molecule has 0 spiro atoms. The highest BCUT2D eigenvalue weighted by Crippen LogP contribution is 2.36. The number of anilines is 1. The SMILES string of the molecule is CC(=O)c1ccc(NC(=O)[C@@H](C)N2C(=O)[C@H]3CC=CC[C@@H]3C2=O)cc1. The van der Waals surface area contributed by atoms with E-state index >= 15 is 0 Å². The fraction of sp³-hybridized carbons (Fsp3) is 0.368. The first kappa shape index (κ1) is 17.1. The van der Waals surface area contributed by atoms with Gasteiger partial charge in [0.2, 0.25) is 17.7 Å². The number of hydrogen-bond donors (Lipinski definition) is 1. The van der Waals surface area contributed by atoms with Gasteiger partial charge in [-0.25, -0.2) is 0 Å². The number of Topliss-reactive ketones (excluding diaryl/α,β-unsaturated/α-hetero) is 1. The molecule has 6 heteroatoms. The van der Waals surface area contributed by atoms with Crippen molar-refractivity contribution in [2.75, 3.05) is 5.32 Å². The number of carbonyl (C=O) groups is 4. The quantitative estimate of drug-likeness (QED) is 0.517. The van der Waals surface area contributed by atoms with Crippen LogP contribution in [0.2, 0.25) is 0 Å². The molecular formula is C19H20N2O4. The number of allylic oxidation sites excluding steroid dienone is 2. The summed E-state index contributed by atoms with van der Waals surface area (Å²) in [6, 6.07) is 5.61. The number of benzene rings is 1. The molecule has 1 aromatic rings. The number of rotatable bonds is 4. The summed E-state index contributed by atoms with van der Waals surface area (Å²) in [6.07, 6.45) is 4.92. The van der Waals surface area contributed by atoms with E-state index in [1.807, 2.05) is 12.2 Å². The fourth-order valence-corrected chi connectivity index (χ4v) is 3.36. The molecule has 6 nitrogen and oxygen atoms in total. The lowest BCUT2D eigenvalue weighted by Crippen LogP contribution is -2.46. The Morgan fingerprint density at radius 2 is 1.56 bits per heavy atom. The average molecular weight is 340 g/mol. The van der Waals surface area contributed by atoms with Crippen molar-refractivity contribution in [2.24, 2.45) is 11.8 Å². The second-order valence-electron chi connectivity index (χ2n) is 6.50. The molecule has 1 aliphatic heterocycles. The fourth-order valence-electron chi connectivity index (χ4n) is 3.36. The van der Waals surface area contributed by atoms with Gasteiger partial charge in [-0.05, 0) is 51.0 Å². The monoisotopic (exact) mass is 340 g/mol. The number of nitrogens with one attached hydrogen (secondary N) is 1. The van der Waals surface area contributed by atoms with Crippen LogP contribution in [0.4, 0.5) is 5.69 Å². The van der Waals surface area contributed by atoms with Crippen LogP contribution in [0.5, 0.6) is 0 Å². The molecule has 1 saturated heterocycles. The van der Waals surface area contributed by atoms with Crippen molar-refractivity contribution in [2.45, 2.75) is 32.7 Å². The van der Waals surface area contributed by atoms with Gasteiger partial charge in [0, 0.05) is 11.3 Å². The largest absolute Gasteiger partial charge is 0.324 e. The maximum Gasteiger partial charge on any atom is 0.247 e. The highest BCUT2D eigenvalue weighted by Gasteiger charge is 2.50. The average Bonchev–Trinajstić information content (AvgIpc) is 2.86. The van der Waals surface area contributed by atoms with E-state index in [1.165, 1.54) is 6.92 Å². The second-order valence-corrected chi connectivity index (χ2v) is 6.50. The molecule has 0 radical (unpaired) electrons. The summed E-state index contributed by atoms with van der Waals surface area (Å²) in [6.45, 7) is 3.02. The van der Waals surface area contributed by atoms with E-state index in [9.17, 15) is 19.2 Å². The molecule has 3 atom stereocenters. The second kappa shape index (κ2) is 6.63. The van der Waals surface area contributed by atoms with E-state index in [1.54, 1.807) is 31.2 Å². The van der Waals surface area contributed by atoms with Gasteiger partial charge < -0.3 is 5.32 Å². The standard InChI is InChI=1S/C19H20N2O4/c1-11(17(23)20-14-9-7-13(8-10-14)12(2)22)21-18(24)15-5-3-4-6-16(15)19(21)25/h3-4,7-11,15-16H,5-6H2,1-2H3,(H,20,23)/t11-,15+,16+/m1/s1. The lowest BCUT2D eigenvalue weighted by molar-refractivity contribution is -0.146. The first-order valence-electron chi connectivity index (χ1n) is 8.34.